The van der Waals surface area contributed by atoms with Gasteiger partial charge in [0.1, 0.15) is 11.0 Å². The van der Waals surface area contributed by atoms with Crippen LogP contribution in [0.5, 0.6) is 0 Å². The average Bonchev–Trinajstić information content (AvgIpc) is 2.96. The summed E-state index contributed by atoms with van der Waals surface area (Å²) in [6, 6.07) is 9.76. The summed E-state index contributed by atoms with van der Waals surface area (Å²) in [4.78, 5) is 16.1. The second kappa shape index (κ2) is 8.09. The fourth-order valence-electron chi connectivity index (χ4n) is 1.74. The third kappa shape index (κ3) is 4.78. The molecule has 0 bridgehead atoms. The van der Waals surface area contributed by atoms with E-state index in [1.807, 2.05) is 42.8 Å². The van der Waals surface area contributed by atoms with E-state index >= 15 is 0 Å². The van der Waals surface area contributed by atoms with Crippen LogP contribution in [0, 0.1) is 0 Å². The second-order valence-electron chi connectivity index (χ2n) is 4.29. The molecule has 7 heteroatoms. The number of thioether (sulfide) groups is 2. The Morgan fingerprint density at radius 1 is 1.29 bits per heavy atom. The van der Waals surface area contributed by atoms with E-state index in [0.29, 0.717) is 18.3 Å². The van der Waals surface area contributed by atoms with Gasteiger partial charge in [-0.15, -0.1) is 23.5 Å². The number of nitrogens with zero attached hydrogens (tertiary/aromatic N) is 2. The number of carbonyl (C=O) groups excluding carboxylic acids is 1. The molecule has 0 saturated carbocycles. The predicted octanol–water partition coefficient (Wildman–Crippen LogP) is 2.65. The summed E-state index contributed by atoms with van der Waals surface area (Å²) >= 11 is 3.28. The van der Waals surface area contributed by atoms with Crippen LogP contribution in [0.15, 0.2) is 34.9 Å². The summed E-state index contributed by atoms with van der Waals surface area (Å²) < 4.78 is 5.26. The SMILES string of the molecule is CSC(SC)c1noc(CC(=O)NCc2ccccc2)n1. The molecule has 0 saturated heterocycles. The maximum Gasteiger partial charge on any atom is 0.236 e. The minimum absolute atomic E-state index is 0.106. The molecule has 1 aromatic heterocycles. The number of rotatable bonds is 7. The Hall–Kier alpha value is -1.47. The Morgan fingerprint density at radius 3 is 2.67 bits per heavy atom. The normalized spacial score (nSPS) is 10.8. The molecule has 0 spiro atoms. The summed E-state index contributed by atoms with van der Waals surface area (Å²) in [5, 5.41) is 6.76. The van der Waals surface area contributed by atoms with Gasteiger partial charge in [-0.2, -0.15) is 4.98 Å². The molecular formula is C14H17N3O2S2. The van der Waals surface area contributed by atoms with Gasteiger partial charge < -0.3 is 9.84 Å². The molecule has 0 radical (unpaired) electrons. The molecule has 112 valence electrons. The Morgan fingerprint density at radius 2 is 2.00 bits per heavy atom. The van der Waals surface area contributed by atoms with Crippen LogP contribution in [-0.4, -0.2) is 28.6 Å². The van der Waals surface area contributed by atoms with Gasteiger partial charge in [0.2, 0.25) is 11.8 Å². The number of nitrogens with one attached hydrogen (secondary N) is 1. The first-order valence-electron chi connectivity index (χ1n) is 6.41. The Kier molecular flexibility index (Phi) is 6.13. The van der Waals surface area contributed by atoms with Crippen molar-refractivity contribution < 1.29 is 9.32 Å². The minimum Gasteiger partial charge on any atom is -0.352 e. The van der Waals surface area contributed by atoms with Gasteiger partial charge in [0.15, 0.2) is 5.82 Å². The quantitative estimate of drug-likeness (QED) is 0.790. The third-order valence-electron chi connectivity index (χ3n) is 2.77. The zero-order chi connectivity index (χ0) is 15.1. The molecule has 2 aromatic rings. The Labute approximate surface area is 132 Å². The lowest BCUT2D eigenvalue weighted by Gasteiger charge is -2.04. The van der Waals surface area contributed by atoms with Gasteiger partial charge in [0.25, 0.3) is 0 Å². The molecule has 21 heavy (non-hydrogen) atoms. The van der Waals surface area contributed by atoms with Crippen LogP contribution in [0.3, 0.4) is 0 Å². The molecule has 1 amide bonds. The molecule has 5 nitrogen and oxygen atoms in total. The van der Waals surface area contributed by atoms with E-state index < -0.39 is 0 Å². The van der Waals surface area contributed by atoms with Crippen molar-refractivity contribution in [3.63, 3.8) is 0 Å². The van der Waals surface area contributed by atoms with Gasteiger partial charge in [-0.25, -0.2) is 0 Å². The Balaban J connectivity index is 1.85. The van der Waals surface area contributed by atoms with E-state index in [2.05, 4.69) is 15.5 Å². The first-order chi connectivity index (χ1) is 10.2. The third-order valence-corrected chi connectivity index (χ3v) is 5.20. The van der Waals surface area contributed by atoms with E-state index in [4.69, 9.17) is 4.52 Å². The highest BCUT2D eigenvalue weighted by Crippen LogP contribution is 2.33. The van der Waals surface area contributed by atoms with Gasteiger partial charge in [-0.1, -0.05) is 35.5 Å². The van der Waals surface area contributed by atoms with E-state index in [1.54, 1.807) is 23.5 Å². The van der Waals surface area contributed by atoms with Crippen molar-refractivity contribution in [2.75, 3.05) is 12.5 Å². The maximum absolute atomic E-state index is 11.9. The second-order valence-corrected chi connectivity index (χ2v) is 6.47. The molecule has 1 heterocycles. The van der Waals surface area contributed by atoms with Crippen LogP contribution >= 0.6 is 23.5 Å². The fraction of sp³-hybridized carbons (Fsp3) is 0.357. The minimum atomic E-state index is -0.126. The van der Waals surface area contributed by atoms with E-state index in [9.17, 15) is 4.79 Å². The molecule has 2 rings (SSSR count). The van der Waals surface area contributed by atoms with Crippen molar-refractivity contribution in [1.29, 1.82) is 0 Å². The highest BCUT2D eigenvalue weighted by molar-refractivity contribution is 8.15. The molecule has 0 atom stereocenters. The van der Waals surface area contributed by atoms with Crippen molar-refractivity contribution in [1.82, 2.24) is 15.5 Å². The van der Waals surface area contributed by atoms with E-state index in [0.717, 1.165) is 5.56 Å². The lowest BCUT2D eigenvalue weighted by molar-refractivity contribution is -0.120. The van der Waals surface area contributed by atoms with Crippen LogP contribution in [0.1, 0.15) is 21.9 Å². The number of hydrogen-bond donors (Lipinski definition) is 1. The van der Waals surface area contributed by atoms with Crippen LogP contribution in [0.2, 0.25) is 0 Å². The summed E-state index contributed by atoms with van der Waals surface area (Å²) in [6.07, 6.45) is 4.09. The van der Waals surface area contributed by atoms with Gasteiger partial charge >= 0.3 is 0 Å². The van der Waals surface area contributed by atoms with Gasteiger partial charge in [0.05, 0.1) is 0 Å². The molecule has 0 unspecified atom stereocenters. The van der Waals surface area contributed by atoms with Crippen molar-refractivity contribution >= 4 is 29.4 Å². The number of amides is 1. The first-order valence-corrected chi connectivity index (χ1v) is 8.99. The summed E-state index contributed by atoms with van der Waals surface area (Å²) in [6.45, 7) is 0.499. The molecular weight excluding hydrogens is 306 g/mol. The molecule has 1 N–H and O–H groups in total. The summed E-state index contributed by atoms with van der Waals surface area (Å²) in [5.74, 6) is 0.850. The lowest BCUT2D eigenvalue weighted by Crippen LogP contribution is -2.24. The smallest absolute Gasteiger partial charge is 0.236 e. The van der Waals surface area contributed by atoms with Gasteiger partial charge in [0, 0.05) is 6.54 Å². The van der Waals surface area contributed by atoms with Gasteiger partial charge in [-0.3, -0.25) is 4.79 Å². The topological polar surface area (TPSA) is 68.0 Å². The molecule has 0 aliphatic carbocycles. The first kappa shape index (κ1) is 15.9. The van der Waals surface area contributed by atoms with Crippen molar-refractivity contribution in [3.8, 4) is 0 Å². The van der Waals surface area contributed by atoms with Crippen LogP contribution in [0.25, 0.3) is 0 Å². The number of carbonyl (C=O) groups is 1. The van der Waals surface area contributed by atoms with E-state index in [-0.39, 0.29) is 16.9 Å². The van der Waals surface area contributed by atoms with Crippen LogP contribution in [-0.2, 0) is 17.8 Å². The standard InChI is InChI=1S/C14H17N3O2S2/c1-20-14(21-2)13-16-12(19-17-13)8-11(18)15-9-10-6-4-3-5-7-10/h3-7,14H,8-9H2,1-2H3,(H,15,18). The summed E-state index contributed by atoms with van der Waals surface area (Å²) in [7, 11) is 0. The molecule has 0 aliphatic rings. The number of benzene rings is 1. The van der Waals surface area contributed by atoms with Crippen molar-refractivity contribution in [2.45, 2.75) is 17.5 Å². The predicted molar refractivity (Wildman–Crippen MR) is 86.1 cm³/mol. The van der Waals surface area contributed by atoms with Crippen molar-refractivity contribution in [2.24, 2.45) is 0 Å². The van der Waals surface area contributed by atoms with Crippen LogP contribution < -0.4 is 5.32 Å². The van der Waals surface area contributed by atoms with Crippen molar-refractivity contribution in [3.05, 3.63) is 47.6 Å². The zero-order valence-electron chi connectivity index (χ0n) is 11.9. The van der Waals surface area contributed by atoms with Crippen LogP contribution in [0.4, 0.5) is 0 Å². The highest BCUT2D eigenvalue weighted by atomic mass is 32.2. The average molecular weight is 323 g/mol. The maximum atomic E-state index is 11.9. The summed E-state index contributed by atoms with van der Waals surface area (Å²) in [5.41, 5.74) is 1.06. The fourth-order valence-corrected chi connectivity index (χ4v) is 3.12. The lowest BCUT2D eigenvalue weighted by atomic mass is 10.2. The monoisotopic (exact) mass is 323 g/mol. The largest absolute Gasteiger partial charge is 0.352 e. The molecule has 1 aromatic carbocycles. The van der Waals surface area contributed by atoms with Gasteiger partial charge in [-0.05, 0) is 18.1 Å². The number of hydrogen-bond acceptors (Lipinski definition) is 6. The molecule has 0 aliphatic heterocycles. The zero-order valence-corrected chi connectivity index (χ0v) is 13.5. The molecule has 0 fully saturated rings. The van der Waals surface area contributed by atoms with E-state index in [1.165, 1.54) is 0 Å². The highest BCUT2D eigenvalue weighted by Gasteiger charge is 2.17. The Bertz CT molecular complexity index is 571. The number of aromatic nitrogens is 2.